The third-order valence-electron chi connectivity index (χ3n) is 5.00. The summed E-state index contributed by atoms with van der Waals surface area (Å²) in [7, 11) is 0. The van der Waals surface area contributed by atoms with Crippen molar-refractivity contribution in [2.24, 2.45) is 5.92 Å². The minimum Gasteiger partial charge on any atom is -0.316 e. The number of thiophene rings is 1. The molecule has 1 N–H and O–H groups in total. The molecule has 1 aromatic rings. The number of fused-ring (bicyclic) bond motifs is 1. The maximum absolute atomic E-state index is 12.5. The highest BCUT2D eigenvalue weighted by Crippen LogP contribution is 2.37. The quantitative estimate of drug-likeness (QED) is 0.852. The Hall–Kier alpha value is -1.34. The first-order chi connectivity index (χ1) is 10.8. The summed E-state index contributed by atoms with van der Waals surface area (Å²) in [5, 5.41) is 13.5. The van der Waals surface area contributed by atoms with Crippen molar-refractivity contribution < 1.29 is 4.79 Å². The van der Waals surface area contributed by atoms with Crippen molar-refractivity contribution in [3.05, 3.63) is 16.0 Å². The van der Waals surface area contributed by atoms with E-state index in [4.69, 9.17) is 0 Å². The van der Waals surface area contributed by atoms with Gasteiger partial charge in [0.05, 0.1) is 5.56 Å². The molecule has 0 spiro atoms. The van der Waals surface area contributed by atoms with Gasteiger partial charge in [-0.2, -0.15) is 5.26 Å². The van der Waals surface area contributed by atoms with Gasteiger partial charge in [0, 0.05) is 10.8 Å². The number of carbonyl (C=O) groups is 1. The number of nitrogens with zero attached hydrogens (tertiary/aromatic N) is 1. The Bertz CT molecular complexity index is 579. The molecule has 1 saturated carbocycles. The molecule has 0 saturated heterocycles. The van der Waals surface area contributed by atoms with Gasteiger partial charge in [0.15, 0.2) is 0 Å². The van der Waals surface area contributed by atoms with Crippen LogP contribution in [0.25, 0.3) is 0 Å². The second-order valence-electron chi connectivity index (χ2n) is 6.56. The molecule has 0 unspecified atom stereocenters. The third-order valence-corrected chi connectivity index (χ3v) is 6.20. The summed E-state index contributed by atoms with van der Waals surface area (Å²) in [5.41, 5.74) is 1.96. The Labute approximate surface area is 136 Å². The Morgan fingerprint density at radius 1 is 1.05 bits per heavy atom. The maximum Gasteiger partial charge on any atom is 0.228 e. The second kappa shape index (κ2) is 7.28. The average molecular weight is 316 g/mol. The summed E-state index contributed by atoms with van der Waals surface area (Å²) in [6.07, 6.45) is 12.5. The van der Waals surface area contributed by atoms with Crippen molar-refractivity contribution in [1.29, 1.82) is 5.26 Å². The van der Waals surface area contributed by atoms with Gasteiger partial charge in [-0.25, -0.2) is 0 Å². The molecule has 1 fully saturated rings. The summed E-state index contributed by atoms with van der Waals surface area (Å²) in [4.78, 5) is 13.8. The number of hydrogen-bond acceptors (Lipinski definition) is 3. The molecule has 3 rings (SSSR count). The molecule has 0 atom stereocenters. The molecule has 0 radical (unpaired) electrons. The van der Waals surface area contributed by atoms with Crippen LogP contribution in [0.15, 0.2) is 0 Å². The molecule has 1 amide bonds. The van der Waals surface area contributed by atoms with Crippen LogP contribution in [0.4, 0.5) is 5.00 Å². The van der Waals surface area contributed by atoms with Gasteiger partial charge >= 0.3 is 0 Å². The molecule has 3 nitrogen and oxygen atoms in total. The lowest BCUT2D eigenvalue weighted by Crippen LogP contribution is -2.24. The van der Waals surface area contributed by atoms with Crippen molar-refractivity contribution in [3.8, 4) is 6.07 Å². The van der Waals surface area contributed by atoms with Gasteiger partial charge in [0.2, 0.25) is 5.91 Å². The number of amides is 1. The Kier molecular flexibility index (Phi) is 5.15. The summed E-state index contributed by atoms with van der Waals surface area (Å²) >= 11 is 1.65. The van der Waals surface area contributed by atoms with Gasteiger partial charge in [-0.05, 0) is 44.1 Å². The molecule has 0 bridgehead atoms. The third kappa shape index (κ3) is 3.35. The summed E-state index contributed by atoms with van der Waals surface area (Å²) in [6, 6.07) is 2.36. The minimum atomic E-state index is 0.130. The van der Waals surface area contributed by atoms with E-state index in [1.807, 2.05) is 0 Å². The van der Waals surface area contributed by atoms with Gasteiger partial charge in [0.1, 0.15) is 11.1 Å². The van der Waals surface area contributed by atoms with E-state index >= 15 is 0 Å². The highest BCUT2D eigenvalue weighted by Gasteiger charge is 2.25. The van der Waals surface area contributed by atoms with E-state index in [-0.39, 0.29) is 11.8 Å². The fourth-order valence-corrected chi connectivity index (χ4v) is 4.95. The Morgan fingerprint density at radius 2 is 1.73 bits per heavy atom. The van der Waals surface area contributed by atoms with Crippen LogP contribution in [0.5, 0.6) is 0 Å². The van der Waals surface area contributed by atoms with Crippen molar-refractivity contribution in [3.63, 3.8) is 0 Å². The molecule has 118 valence electrons. The highest BCUT2D eigenvalue weighted by atomic mass is 32.1. The molecule has 2 aliphatic rings. The first-order valence-electron chi connectivity index (χ1n) is 8.65. The number of carbonyl (C=O) groups excluding carboxylic acids is 1. The zero-order chi connectivity index (χ0) is 15.4. The monoisotopic (exact) mass is 316 g/mol. The number of rotatable bonds is 2. The Morgan fingerprint density at radius 3 is 2.45 bits per heavy atom. The number of nitrogens with one attached hydrogen (secondary N) is 1. The molecule has 2 aliphatic carbocycles. The van der Waals surface area contributed by atoms with Crippen molar-refractivity contribution in [1.82, 2.24) is 0 Å². The first-order valence-corrected chi connectivity index (χ1v) is 9.46. The molecule has 1 aromatic heterocycles. The van der Waals surface area contributed by atoms with Gasteiger partial charge in [-0.3, -0.25) is 4.79 Å². The van der Waals surface area contributed by atoms with Crippen LogP contribution in [0.3, 0.4) is 0 Å². The highest BCUT2D eigenvalue weighted by molar-refractivity contribution is 7.16. The predicted molar refractivity (Wildman–Crippen MR) is 90.1 cm³/mol. The molecule has 1 heterocycles. The Balaban J connectivity index is 1.79. The summed E-state index contributed by atoms with van der Waals surface area (Å²) < 4.78 is 0. The lowest BCUT2D eigenvalue weighted by Gasteiger charge is -2.20. The van der Waals surface area contributed by atoms with E-state index in [1.165, 1.54) is 36.1 Å². The van der Waals surface area contributed by atoms with Crippen LogP contribution in [0, 0.1) is 17.2 Å². The van der Waals surface area contributed by atoms with Crippen molar-refractivity contribution in [2.75, 3.05) is 5.32 Å². The van der Waals surface area contributed by atoms with Crippen LogP contribution in [-0.4, -0.2) is 5.91 Å². The summed E-state index contributed by atoms with van der Waals surface area (Å²) in [6.45, 7) is 0. The smallest absolute Gasteiger partial charge is 0.228 e. The second-order valence-corrected chi connectivity index (χ2v) is 7.66. The van der Waals surface area contributed by atoms with E-state index in [1.54, 1.807) is 11.3 Å². The fraction of sp³-hybridized carbons (Fsp3) is 0.667. The van der Waals surface area contributed by atoms with E-state index in [0.717, 1.165) is 55.5 Å². The number of nitriles is 1. The normalized spacial score (nSPS) is 19.6. The summed E-state index contributed by atoms with van der Waals surface area (Å²) in [5.74, 6) is 0.274. The van der Waals surface area contributed by atoms with Crippen LogP contribution in [0.2, 0.25) is 0 Å². The molecule has 0 aliphatic heterocycles. The zero-order valence-electron chi connectivity index (χ0n) is 13.1. The number of aryl methyl sites for hydroxylation is 1. The van der Waals surface area contributed by atoms with Crippen LogP contribution in [-0.2, 0) is 17.6 Å². The van der Waals surface area contributed by atoms with Gasteiger partial charge < -0.3 is 5.32 Å². The van der Waals surface area contributed by atoms with E-state index in [2.05, 4.69) is 11.4 Å². The fourth-order valence-electron chi connectivity index (χ4n) is 3.70. The topological polar surface area (TPSA) is 52.9 Å². The lowest BCUT2D eigenvalue weighted by molar-refractivity contribution is -0.120. The van der Waals surface area contributed by atoms with Crippen LogP contribution < -0.4 is 5.32 Å². The van der Waals surface area contributed by atoms with Crippen LogP contribution >= 0.6 is 11.3 Å². The van der Waals surface area contributed by atoms with Crippen molar-refractivity contribution >= 4 is 22.2 Å². The predicted octanol–water partition coefficient (Wildman–Crippen LogP) is 4.80. The standard InChI is InChI=1S/C18H24N2OS/c19-12-15-14-10-6-1-2-7-11-16(14)22-18(15)20-17(21)13-8-4-3-5-9-13/h13H,1-11H2,(H,20,21). The van der Waals surface area contributed by atoms with Gasteiger partial charge in [0.25, 0.3) is 0 Å². The average Bonchev–Trinajstić information content (AvgIpc) is 2.84. The maximum atomic E-state index is 12.5. The number of hydrogen-bond donors (Lipinski definition) is 1. The molecule has 22 heavy (non-hydrogen) atoms. The van der Waals surface area contributed by atoms with Crippen molar-refractivity contribution in [2.45, 2.75) is 70.6 Å². The SMILES string of the molecule is N#Cc1c(NC(=O)C2CCCCC2)sc2c1CCCCCC2. The zero-order valence-corrected chi connectivity index (χ0v) is 13.9. The number of anilines is 1. The van der Waals surface area contributed by atoms with Gasteiger partial charge in [-0.1, -0.05) is 32.1 Å². The molecular weight excluding hydrogens is 292 g/mol. The van der Waals surface area contributed by atoms with E-state index in [0.29, 0.717) is 0 Å². The van der Waals surface area contributed by atoms with Crippen LogP contribution in [0.1, 0.15) is 73.8 Å². The van der Waals surface area contributed by atoms with Gasteiger partial charge in [-0.15, -0.1) is 11.3 Å². The minimum absolute atomic E-state index is 0.130. The largest absolute Gasteiger partial charge is 0.316 e. The van der Waals surface area contributed by atoms with E-state index in [9.17, 15) is 10.1 Å². The van der Waals surface area contributed by atoms with E-state index < -0.39 is 0 Å². The molecule has 0 aromatic carbocycles. The first kappa shape index (κ1) is 15.6. The molecule has 4 heteroatoms. The molecular formula is C18H24N2OS. The lowest BCUT2D eigenvalue weighted by atomic mass is 9.88.